The molecule has 0 fully saturated rings. The van der Waals surface area contributed by atoms with Crippen molar-refractivity contribution in [1.29, 1.82) is 0 Å². The lowest BCUT2D eigenvalue weighted by atomic mass is 10.0. The molecule has 0 radical (unpaired) electrons. The van der Waals surface area contributed by atoms with Crippen molar-refractivity contribution in [3.05, 3.63) is 58.7 Å². The summed E-state index contributed by atoms with van der Waals surface area (Å²) >= 11 is 0. The Morgan fingerprint density at radius 3 is 2.58 bits per heavy atom. The first kappa shape index (κ1) is 17.8. The molecule has 0 aromatic heterocycles. The van der Waals surface area contributed by atoms with E-state index in [2.05, 4.69) is 0 Å². The minimum atomic E-state index is -4.84. The Bertz CT molecular complexity index is 900. The van der Waals surface area contributed by atoms with Gasteiger partial charge in [-0.2, -0.15) is 13.2 Å². The number of benzene rings is 2. The summed E-state index contributed by atoms with van der Waals surface area (Å²) < 4.78 is 50.1. The minimum Gasteiger partial charge on any atom is -0.478 e. The van der Waals surface area contributed by atoms with E-state index in [4.69, 9.17) is 14.6 Å². The van der Waals surface area contributed by atoms with Crippen LogP contribution in [0.2, 0.25) is 0 Å². The quantitative estimate of drug-likeness (QED) is 0.843. The molecule has 0 spiro atoms. The highest BCUT2D eigenvalue weighted by molar-refractivity contribution is 5.95. The van der Waals surface area contributed by atoms with Gasteiger partial charge in [-0.25, -0.2) is 4.79 Å². The van der Waals surface area contributed by atoms with Crippen molar-refractivity contribution in [1.82, 2.24) is 0 Å². The van der Waals surface area contributed by atoms with Gasteiger partial charge in [0, 0.05) is 11.6 Å². The summed E-state index contributed by atoms with van der Waals surface area (Å²) in [5, 5.41) is 9.03. The third kappa shape index (κ3) is 3.37. The summed E-state index contributed by atoms with van der Waals surface area (Å²) in [5.41, 5.74) is 1.32. The molecule has 0 amide bonds. The van der Waals surface area contributed by atoms with Gasteiger partial charge in [-0.1, -0.05) is 12.1 Å². The van der Waals surface area contributed by atoms with Crippen molar-refractivity contribution in [3.8, 4) is 17.2 Å². The van der Waals surface area contributed by atoms with Crippen LogP contribution in [0.1, 0.15) is 16.7 Å². The maximum atomic E-state index is 13.1. The van der Waals surface area contributed by atoms with E-state index >= 15 is 0 Å². The van der Waals surface area contributed by atoms with Crippen LogP contribution >= 0.6 is 0 Å². The summed E-state index contributed by atoms with van der Waals surface area (Å²) in [6.07, 6.45) is -6.39. The monoisotopic (exact) mass is 364 g/mol. The molecular weight excluding hydrogens is 349 g/mol. The molecular formula is C19H15F3O4. The number of carbonyl (C=O) groups is 1. The maximum absolute atomic E-state index is 13.1. The van der Waals surface area contributed by atoms with E-state index in [1.165, 1.54) is 12.1 Å². The molecule has 7 heteroatoms. The van der Waals surface area contributed by atoms with Gasteiger partial charge in [-0.15, -0.1) is 0 Å². The molecule has 0 saturated heterocycles. The Balaban J connectivity index is 1.97. The first-order valence-corrected chi connectivity index (χ1v) is 7.73. The standard InChI is InChI=1S/C19H15F3O4/c1-10-4-3-5-15(11(10)2)25-13-7-6-12-8-14(18(23)24)17(19(20,21)22)26-16(12)9-13/h3-9,17H,1-2H3,(H,23,24). The number of carboxylic acid groups (broad SMARTS) is 1. The zero-order valence-corrected chi connectivity index (χ0v) is 13.9. The summed E-state index contributed by atoms with van der Waals surface area (Å²) in [4.78, 5) is 11.1. The Hall–Kier alpha value is -2.96. The van der Waals surface area contributed by atoms with E-state index in [1.807, 2.05) is 26.0 Å². The molecule has 4 nitrogen and oxygen atoms in total. The van der Waals surface area contributed by atoms with E-state index in [0.717, 1.165) is 17.2 Å². The second kappa shape index (κ2) is 6.40. The molecule has 136 valence electrons. The topological polar surface area (TPSA) is 55.8 Å². The number of aliphatic carboxylic acids is 1. The fourth-order valence-electron chi connectivity index (χ4n) is 2.61. The third-order valence-corrected chi connectivity index (χ3v) is 4.15. The SMILES string of the molecule is Cc1cccc(Oc2ccc3c(c2)OC(C(F)(F)F)C(C(=O)O)=C3)c1C. The first-order chi connectivity index (χ1) is 12.2. The normalized spacial score (nSPS) is 16.3. The van der Waals surface area contributed by atoms with Crippen molar-refractivity contribution in [2.24, 2.45) is 0 Å². The molecule has 1 aliphatic heterocycles. The number of hydrogen-bond donors (Lipinski definition) is 1. The molecule has 26 heavy (non-hydrogen) atoms. The van der Waals surface area contributed by atoms with E-state index in [0.29, 0.717) is 11.5 Å². The van der Waals surface area contributed by atoms with Gasteiger partial charge in [0.25, 0.3) is 0 Å². The summed E-state index contributed by atoms with van der Waals surface area (Å²) in [7, 11) is 0. The molecule has 1 heterocycles. The molecule has 1 N–H and O–H groups in total. The van der Waals surface area contributed by atoms with Gasteiger partial charge in [-0.3, -0.25) is 0 Å². The van der Waals surface area contributed by atoms with Crippen LogP contribution in [-0.4, -0.2) is 23.4 Å². The van der Waals surface area contributed by atoms with Crippen LogP contribution in [0.5, 0.6) is 17.2 Å². The highest BCUT2D eigenvalue weighted by atomic mass is 19.4. The lowest BCUT2D eigenvalue weighted by Crippen LogP contribution is -2.40. The third-order valence-electron chi connectivity index (χ3n) is 4.15. The van der Waals surface area contributed by atoms with Crippen LogP contribution in [0.4, 0.5) is 13.2 Å². The number of ether oxygens (including phenoxy) is 2. The number of rotatable bonds is 3. The zero-order valence-electron chi connectivity index (χ0n) is 13.9. The van der Waals surface area contributed by atoms with Gasteiger partial charge in [0.05, 0.1) is 5.57 Å². The Morgan fingerprint density at radius 2 is 1.92 bits per heavy atom. The average molecular weight is 364 g/mol. The van der Waals surface area contributed by atoms with Crippen LogP contribution in [0.15, 0.2) is 42.0 Å². The van der Waals surface area contributed by atoms with Gasteiger partial charge in [0.2, 0.25) is 6.10 Å². The Kier molecular flexibility index (Phi) is 4.39. The molecule has 1 unspecified atom stereocenters. The van der Waals surface area contributed by atoms with Crippen molar-refractivity contribution < 1.29 is 32.5 Å². The van der Waals surface area contributed by atoms with Crippen LogP contribution in [-0.2, 0) is 4.79 Å². The predicted octanol–water partition coefficient (Wildman–Crippen LogP) is 4.89. The van der Waals surface area contributed by atoms with Gasteiger partial charge in [0.1, 0.15) is 17.2 Å². The second-order valence-corrected chi connectivity index (χ2v) is 5.94. The zero-order chi connectivity index (χ0) is 19.1. The summed E-state index contributed by atoms with van der Waals surface area (Å²) in [6.45, 7) is 3.80. The second-order valence-electron chi connectivity index (χ2n) is 5.94. The molecule has 0 bridgehead atoms. The largest absolute Gasteiger partial charge is 0.478 e. The average Bonchev–Trinajstić information content (AvgIpc) is 2.57. The van der Waals surface area contributed by atoms with Crippen molar-refractivity contribution in [2.45, 2.75) is 26.1 Å². The predicted molar refractivity (Wildman–Crippen MR) is 88.5 cm³/mol. The van der Waals surface area contributed by atoms with E-state index in [-0.39, 0.29) is 11.3 Å². The van der Waals surface area contributed by atoms with E-state index in [1.54, 1.807) is 12.1 Å². The lowest BCUT2D eigenvalue weighted by Gasteiger charge is -2.27. The number of fused-ring (bicyclic) bond motifs is 1. The van der Waals surface area contributed by atoms with E-state index < -0.39 is 23.8 Å². The molecule has 2 aromatic rings. The Morgan fingerprint density at radius 1 is 1.19 bits per heavy atom. The highest BCUT2D eigenvalue weighted by Gasteiger charge is 2.48. The Labute approximate surface area is 147 Å². The maximum Gasteiger partial charge on any atom is 0.430 e. The number of halogens is 3. The van der Waals surface area contributed by atoms with Gasteiger partial charge in [0.15, 0.2) is 0 Å². The smallest absolute Gasteiger partial charge is 0.430 e. The van der Waals surface area contributed by atoms with Crippen molar-refractivity contribution >= 4 is 12.0 Å². The first-order valence-electron chi connectivity index (χ1n) is 7.73. The number of hydrogen-bond acceptors (Lipinski definition) is 3. The highest BCUT2D eigenvalue weighted by Crippen LogP contribution is 2.39. The molecule has 0 aliphatic carbocycles. The van der Waals surface area contributed by atoms with Crippen LogP contribution in [0.3, 0.4) is 0 Å². The fourth-order valence-corrected chi connectivity index (χ4v) is 2.61. The lowest BCUT2D eigenvalue weighted by molar-refractivity contribution is -0.187. The molecule has 0 saturated carbocycles. The van der Waals surface area contributed by atoms with Gasteiger partial charge in [-0.05, 0) is 49.2 Å². The number of carboxylic acids is 1. The van der Waals surface area contributed by atoms with E-state index in [9.17, 15) is 18.0 Å². The van der Waals surface area contributed by atoms with Crippen molar-refractivity contribution in [3.63, 3.8) is 0 Å². The van der Waals surface area contributed by atoms with Crippen LogP contribution in [0, 0.1) is 13.8 Å². The molecule has 2 aromatic carbocycles. The van der Waals surface area contributed by atoms with Gasteiger partial charge < -0.3 is 14.6 Å². The number of aryl methyl sites for hydroxylation is 1. The van der Waals surface area contributed by atoms with Gasteiger partial charge >= 0.3 is 12.1 Å². The molecule has 1 aliphatic rings. The summed E-state index contributed by atoms with van der Waals surface area (Å²) in [5.74, 6) is -0.880. The molecule has 1 atom stereocenters. The van der Waals surface area contributed by atoms with Crippen LogP contribution < -0.4 is 9.47 Å². The number of alkyl halides is 3. The van der Waals surface area contributed by atoms with Crippen LogP contribution in [0.25, 0.3) is 6.08 Å². The summed E-state index contributed by atoms with van der Waals surface area (Å²) in [6, 6.07) is 9.83. The van der Waals surface area contributed by atoms with Crippen molar-refractivity contribution in [2.75, 3.05) is 0 Å². The minimum absolute atomic E-state index is 0.0832. The molecule has 3 rings (SSSR count). The fraction of sp³-hybridized carbons (Fsp3) is 0.211.